The number of carboxylic acid groups (broad SMARTS) is 6. The lowest BCUT2D eigenvalue weighted by Crippen LogP contribution is -2.63. The lowest BCUT2D eigenvalue weighted by atomic mass is 9.61. The fourth-order valence-corrected chi connectivity index (χ4v) is 5.18. The van der Waals surface area contributed by atoms with E-state index in [0.717, 1.165) is 0 Å². The first-order chi connectivity index (χ1) is 17.3. The van der Waals surface area contributed by atoms with Crippen molar-refractivity contribution in [1.82, 2.24) is 0 Å². The van der Waals surface area contributed by atoms with Crippen LogP contribution in [0, 0.1) is 22.7 Å². The van der Waals surface area contributed by atoms with Crippen LogP contribution in [0.1, 0.15) is 80.1 Å². The van der Waals surface area contributed by atoms with Gasteiger partial charge >= 0.3 is 35.8 Å². The summed E-state index contributed by atoms with van der Waals surface area (Å²) in [6.45, 7) is 8.45. The van der Waals surface area contributed by atoms with Gasteiger partial charge in [0.2, 0.25) is 0 Å². The number of hydrogen-bond acceptors (Lipinski definition) is 8. The molecule has 0 spiro atoms. The van der Waals surface area contributed by atoms with Crippen LogP contribution < -0.4 is 0 Å². The maximum absolute atomic E-state index is 11.5. The SMILES string of the molecule is CCC(C(=O)O)C(O)(C(=O)O)C(CC)(CC)C(=O)O.CCC(C(=O)O)C(O)(C(=O)O)C(CC)(CC)C(=O)O. The Hall–Kier alpha value is -3.26. The Morgan fingerprint density at radius 1 is 0.474 bits per heavy atom. The van der Waals surface area contributed by atoms with E-state index < -0.39 is 69.7 Å². The van der Waals surface area contributed by atoms with Gasteiger partial charge in [-0.25, -0.2) is 9.59 Å². The number of carboxylic acids is 6. The Balaban J connectivity index is 0. The third-order valence-corrected chi connectivity index (χ3v) is 7.77. The molecule has 0 amide bonds. The lowest BCUT2D eigenvalue weighted by Gasteiger charge is -2.43. The molecule has 0 bridgehead atoms. The summed E-state index contributed by atoms with van der Waals surface area (Å²) < 4.78 is 0. The van der Waals surface area contributed by atoms with E-state index in [9.17, 15) is 59.4 Å². The second-order valence-corrected chi connectivity index (χ2v) is 8.93. The van der Waals surface area contributed by atoms with Crippen LogP contribution in [-0.2, 0) is 28.8 Å². The number of aliphatic carboxylic acids is 6. The van der Waals surface area contributed by atoms with Crippen LogP contribution in [0.2, 0.25) is 0 Å². The predicted octanol–water partition coefficient (Wildman–Crippen LogP) is 1.61. The normalized spacial score (nSPS) is 16.4. The molecule has 0 saturated carbocycles. The molecular formula is C24H40O14. The highest BCUT2D eigenvalue weighted by Gasteiger charge is 2.65. The summed E-state index contributed by atoms with van der Waals surface area (Å²) in [5.74, 6) is -13.1. The molecule has 0 aliphatic heterocycles. The Kier molecular flexibility index (Phi) is 13.6. The molecule has 0 radical (unpaired) electrons. The van der Waals surface area contributed by atoms with E-state index in [4.69, 9.17) is 10.2 Å². The Bertz CT molecular complexity index is 817. The van der Waals surface area contributed by atoms with Crippen LogP contribution in [0.15, 0.2) is 0 Å². The third kappa shape index (κ3) is 5.90. The van der Waals surface area contributed by atoms with Gasteiger partial charge in [-0.15, -0.1) is 0 Å². The third-order valence-electron chi connectivity index (χ3n) is 7.77. The second kappa shape index (κ2) is 14.0. The first-order valence-electron chi connectivity index (χ1n) is 12.1. The molecule has 14 heteroatoms. The van der Waals surface area contributed by atoms with E-state index in [1.165, 1.54) is 41.5 Å². The standard InChI is InChI=1S/2C12H20O7/c2*1-4-7(8(13)14)12(19,10(17)18)11(5-2,6-3)9(15)16/h2*7,19H,4-6H2,1-3H3,(H,13,14)(H,15,16)(H,17,18). The van der Waals surface area contributed by atoms with Gasteiger partial charge in [-0.3, -0.25) is 19.2 Å². The van der Waals surface area contributed by atoms with E-state index >= 15 is 0 Å². The van der Waals surface area contributed by atoms with Crippen molar-refractivity contribution >= 4 is 35.8 Å². The van der Waals surface area contributed by atoms with Gasteiger partial charge in [0.15, 0.2) is 11.2 Å². The fourth-order valence-electron chi connectivity index (χ4n) is 5.18. The van der Waals surface area contributed by atoms with Crippen LogP contribution in [-0.4, -0.2) is 87.9 Å². The van der Waals surface area contributed by atoms with E-state index in [2.05, 4.69) is 0 Å². The summed E-state index contributed by atoms with van der Waals surface area (Å²) in [4.78, 5) is 68.1. The summed E-state index contributed by atoms with van der Waals surface area (Å²) in [5.41, 5.74) is -9.80. The van der Waals surface area contributed by atoms with Crippen molar-refractivity contribution in [3.8, 4) is 0 Å². The van der Waals surface area contributed by atoms with Gasteiger partial charge < -0.3 is 40.9 Å². The first kappa shape index (κ1) is 36.9. The fraction of sp³-hybridized carbons (Fsp3) is 0.750. The zero-order valence-corrected chi connectivity index (χ0v) is 22.4. The molecule has 0 aromatic heterocycles. The maximum atomic E-state index is 11.5. The van der Waals surface area contributed by atoms with Crippen molar-refractivity contribution in [2.24, 2.45) is 22.7 Å². The molecular weight excluding hydrogens is 512 g/mol. The highest BCUT2D eigenvalue weighted by Crippen LogP contribution is 2.46. The van der Waals surface area contributed by atoms with Gasteiger partial charge in [-0.1, -0.05) is 41.5 Å². The summed E-state index contributed by atoms with van der Waals surface area (Å²) in [6, 6.07) is 0. The zero-order chi connectivity index (χ0) is 30.9. The van der Waals surface area contributed by atoms with Crippen molar-refractivity contribution in [2.45, 2.75) is 91.3 Å². The molecule has 0 heterocycles. The topological polar surface area (TPSA) is 264 Å². The molecule has 0 aliphatic carbocycles. The van der Waals surface area contributed by atoms with Crippen molar-refractivity contribution in [3.63, 3.8) is 0 Å². The Labute approximate surface area is 219 Å². The molecule has 0 rings (SSSR count). The van der Waals surface area contributed by atoms with E-state index in [-0.39, 0.29) is 38.5 Å². The van der Waals surface area contributed by atoms with Crippen LogP contribution in [0.5, 0.6) is 0 Å². The summed E-state index contributed by atoms with van der Waals surface area (Å²) >= 11 is 0. The van der Waals surface area contributed by atoms with Gasteiger partial charge in [-0.2, -0.15) is 0 Å². The molecule has 0 aliphatic rings. The minimum Gasteiger partial charge on any atom is -0.481 e. The van der Waals surface area contributed by atoms with Crippen molar-refractivity contribution in [3.05, 3.63) is 0 Å². The van der Waals surface area contributed by atoms with Crippen molar-refractivity contribution < 1.29 is 69.6 Å². The molecule has 220 valence electrons. The highest BCUT2D eigenvalue weighted by atomic mass is 16.4. The van der Waals surface area contributed by atoms with Crippen LogP contribution >= 0.6 is 0 Å². The zero-order valence-electron chi connectivity index (χ0n) is 22.4. The summed E-state index contributed by atoms with van der Waals surface area (Å²) in [6.07, 6.45) is -1.13. The Morgan fingerprint density at radius 2 is 0.684 bits per heavy atom. The second-order valence-electron chi connectivity index (χ2n) is 8.93. The summed E-state index contributed by atoms with van der Waals surface area (Å²) in [7, 11) is 0. The molecule has 8 N–H and O–H groups in total. The molecule has 0 aromatic rings. The van der Waals surface area contributed by atoms with Gasteiger partial charge in [0.1, 0.15) is 10.8 Å². The van der Waals surface area contributed by atoms with Gasteiger partial charge in [0.05, 0.1) is 11.8 Å². The smallest absolute Gasteiger partial charge is 0.337 e. The largest absolute Gasteiger partial charge is 0.481 e. The maximum Gasteiger partial charge on any atom is 0.337 e. The average molecular weight is 553 g/mol. The minimum atomic E-state index is -2.86. The average Bonchev–Trinajstić information content (AvgIpc) is 2.81. The van der Waals surface area contributed by atoms with Crippen molar-refractivity contribution in [2.75, 3.05) is 0 Å². The van der Waals surface area contributed by atoms with E-state index in [1.807, 2.05) is 0 Å². The number of carbonyl (C=O) groups is 6. The quantitative estimate of drug-likeness (QED) is 0.135. The monoisotopic (exact) mass is 552 g/mol. The highest BCUT2D eigenvalue weighted by molar-refractivity contribution is 5.94. The van der Waals surface area contributed by atoms with Gasteiger partial charge in [-0.05, 0) is 38.5 Å². The van der Waals surface area contributed by atoms with Crippen LogP contribution in [0.3, 0.4) is 0 Å². The Morgan fingerprint density at radius 3 is 0.763 bits per heavy atom. The molecule has 0 aromatic carbocycles. The minimum absolute atomic E-state index is 0.187. The van der Waals surface area contributed by atoms with Gasteiger partial charge in [0.25, 0.3) is 0 Å². The summed E-state index contributed by atoms with van der Waals surface area (Å²) in [5, 5.41) is 76.2. The number of aliphatic hydroxyl groups is 2. The first-order valence-corrected chi connectivity index (χ1v) is 12.1. The van der Waals surface area contributed by atoms with Gasteiger partial charge in [0, 0.05) is 0 Å². The predicted molar refractivity (Wildman–Crippen MR) is 129 cm³/mol. The van der Waals surface area contributed by atoms with Crippen molar-refractivity contribution in [1.29, 1.82) is 0 Å². The van der Waals surface area contributed by atoms with E-state index in [0.29, 0.717) is 0 Å². The lowest BCUT2D eigenvalue weighted by molar-refractivity contribution is -0.206. The molecule has 14 nitrogen and oxygen atoms in total. The van der Waals surface area contributed by atoms with E-state index in [1.54, 1.807) is 0 Å². The molecule has 0 fully saturated rings. The number of rotatable bonds is 16. The van der Waals surface area contributed by atoms with Crippen LogP contribution in [0.4, 0.5) is 0 Å². The van der Waals surface area contributed by atoms with Crippen LogP contribution in [0.25, 0.3) is 0 Å². The molecule has 4 unspecified atom stereocenters. The molecule has 4 atom stereocenters. The molecule has 0 saturated heterocycles. The number of hydrogen-bond donors (Lipinski definition) is 8. The molecule has 38 heavy (non-hydrogen) atoms.